The zero-order valence-electron chi connectivity index (χ0n) is 14.0. The number of H-pyrrole nitrogens is 1. The van der Waals surface area contributed by atoms with Crippen molar-refractivity contribution in [2.45, 2.75) is 19.6 Å². The molecule has 0 bridgehead atoms. The third-order valence-electron chi connectivity index (χ3n) is 3.47. The molecule has 1 unspecified atom stereocenters. The fourth-order valence-corrected chi connectivity index (χ4v) is 4.45. The Labute approximate surface area is 141 Å². The first kappa shape index (κ1) is 18.6. The summed E-state index contributed by atoms with van der Waals surface area (Å²) in [5.74, 6) is -0.872. The molecule has 1 aromatic heterocycles. The van der Waals surface area contributed by atoms with Gasteiger partial charge in [-0.25, -0.2) is 0 Å². The van der Waals surface area contributed by atoms with Crippen molar-refractivity contribution in [1.29, 1.82) is 0 Å². The normalized spacial score (nSPS) is 13.1. The van der Waals surface area contributed by atoms with Crippen LogP contribution in [-0.2, 0) is 13.6 Å². The van der Waals surface area contributed by atoms with Crippen LogP contribution in [0.2, 0.25) is 0 Å². The Kier molecular flexibility index (Phi) is 6.52. The Bertz CT molecular complexity index is 793. The molecule has 0 aliphatic rings. The van der Waals surface area contributed by atoms with E-state index in [0.29, 0.717) is 12.1 Å². The van der Waals surface area contributed by atoms with Gasteiger partial charge in [-0.2, -0.15) is 0 Å². The smallest absolute Gasteiger partial charge is 0.322 e. The van der Waals surface area contributed by atoms with Crippen LogP contribution in [-0.4, -0.2) is 24.7 Å². The standard InChI is InChI=1S/C17H23N2O4P/c1-4-11-18-17(24(21,22-5-2)23-6-3)14-12-13-9-7-8-10-15(13)19-16(14)20/h4,7-10,12,17-18H,1,5-6,11H2,2-3H3,(H,19,20). The Hall–Kier alpha value is -1.72. The van der Waals surface area contributed by atoms with E-state index >= 15 is 0 Å². The fourth-order valence-electron chi connectivity index (χ4n) is 2.50. The average Bonchev–Trinajstić information content (AvgIpc) is 2.56. The Morgan fingerprint density at radius 1 is 1.29 bits per heavy atom. The van der Waals surface area contributed by atoms with E-state index in [2.05, 4.69) is 16.9 Å². The lowest BCUT2D eigenvalue weighted by Gasteiger charge is -2.26. The third kappa shape index (κ3) is 4.02. The van der Waals surface area contributed by atoms with E-state index in [4.69, 9.17) is 9.05 Å². The first-order chi connectivity index (χ1) is 11.6. The molecule has 0 fully saturated rings. The predicted molar refractivity (Wildman–Crippen MR) is 96.4 cm³/mol. The van der Waals surface area contributed by atoms with Gasteiger partial charge in [0.25, 0.3) is 5.56 Å². The zero-order chi connectivity index (χ0) is 17.6. The van der Waals surface area contributed by atoms with Crippen LogP contribution in [0.3, 0.4) is 0 Å². The molecule has 0 saturated heterocycles. The van der Waals surface area contributed by atoms with Crippen molar-refractivity contribution in [2.24, 2.45) is 0 Å². The first-order valence-corrected chi connectivity index (χ1v) is 9.52. The number of rotatable bonds is 9. The summed E-state index contributed by atoms with van der Waals surface area (Å²) in [5.41, 5.74) is 0.715. The minimum Gasteiger partial charge on any atom is -0.322 e. The first-order valence-electron chi connectivity index (χ1n) is 7.90. The molecule has 0 saturated carbocycles. The van der Waals surface area contributed by atoms with Gasteiger partial charge in [0.1, 0.15) is 5.78 Å². The van der Waals surface area contributed by atoms with E-state index in [9.17, 15) is 9.36 Å². The van der Waals surface area contributed by atoms with Crippen molar-refractivity contribution in [3.05, 3.63) is 58.9 Å². The van der Waals surface area contributed by atoms with E-state index in [1.54, 1.807) is 26.0 Å². The second-order valence-corrected chi connectivity index (χ2v) is 7.23. The SMILES string of the molecule is C=CCNC(c1cc2ccccc2[nH]c1=O)P(=O)(OCC)OCC. The summed E-state index contributed by atoms with van der Waals surface area (Å²) in [5, 5.41) is 3.89. The van der Waals surface area contributed by atoms with Crippen LogP contribution < -0.4 is 10.9 Å². The molecular formula is C17H23N2O4P. The highest BCUT2D eigenvalue weighted by atomic mass is 31.2. The summed E-state index contributed by atoms with van der Waals surface area (Å²) >= 11 is 0. The summed E-state index contributed by atoms with van der Waals surface area (Å²) < 4.78 is 24.1. The Morgan fingerprint density at radius 2 is 1.96 bits per heavy atom. The number of pyridine rings is 1. The van der Waals surface area contributed by atoms with Gasteiger partial charge >= 0.3 is 7.60 Å². The molecule has 2 aromatic rings. The van der Waals surface area contributed by atoms with Crippen LogP contribution in [0.4, 0.5) is 0 Å². The van der Waals surface area contributed by atoms with Crippen LogP contribution in [0.1, 0.15) is 25.2 Å². The molecule has 0 radical (unpaired) electrons. The van der Waals surface area contributed by atoms with Gasteiger partial charge in [0.05, 0.1) is 13.2 Å². The Balaban J connectivity index is 2.58. The molecule has 2 rings (SSSR count). The lowest BCUT2D eigenvalue weighted by molar-refractivity contribution is 0.208. The molecule has 24 heavy (non-hydrogen) atoms. The lowest BCUT2D eigenvalue weighted by Crippen LogP contribution is -2.29. The van der Waals surface area contributed by atoms with Gasteiger partial charge in [-0.15, -0.1) is 6.58 Å². The number of para-hydroxylation sites is 1. The highest BCUT2D eigenvalue weighted by Crippen LogP contribution is 2.59. The quantitative estimate of drug-likeness (QED) is 0.534. The number of aromatic nitrogens is 1. The highest BCUT2D eigenvalue weighted by molar-refractivity contribution is 7.54. The molecule has 2 N–H and O–H groups in total. The van der Waals surface area contributed by atoms with Gasteiger partial charge in [-0.05, 0) is 31.4 Å². The molecule has 130 valence electrons. The number of benzene rings is 1. The zero-order valence-corrected chi connectivity index (χ0v) is 14.8. The molecule has 0 aliphatic heterocycles. The Morgan fingerprint density at radius 3 is 2.58 bits per heavy atom. The van der Waals surface area contributed by atoms with Crippen LogP contribution in [0.15, 0.2) is 47.8 Å². The average molecular weight is 350 g/mol. The molecule has 6 nitrogen and oxygen atoms in total. The summed E-state index contributed by atoms with van der Waals surface area (Å²) in [6.07, 6.45) is 1.63. The topological polar surface area (TPSA) is 80.4 Å². The molecule has 1 atom stereocenters. The minimum atomic E-state index is -3.56. The number of hydrogen-bond acceptors (Lipinski definition) is 5. The van der Waals surface area contributed by atoms with E-state index in [1.807, 2.05) is 24.3 Å². The number of aromatic amines is 1. The number of fused-ring (bicyclic) bond motifs is 1. The van der Waals surface area contributed by atoms with E-state index in [1.165, 1.54) is 0 Å². The van der Waals surface area contributed by atoms with E-state index < -0.39 is 13.4 Å². The number of nitrogens with one attached hydrogen (secondary N) is 2. The van der Waals surface area contributed by atoms with Gasteiger partial charge < -0.3 is 14.0 Å². The number of hydrogen-bond donors (Lipinski definition) is 2. The van der Waals surface area contributed by atoms with Gasteiger partial charge in [0.2, 0.25) is 0 Å². The van der Waals surface area contributed by atoms with Gasteiger partial charge in [-0.1, -0.05) is 24.3 Å². The van der Waals surface area contributed by atoms with Crippen LogP contribution in [0.5, 0.6) is 0 Å². The second-order valence-electron chi connectivity index (χ2n) is 5.12. The van der Waals surface area contributed by atoms with Crippen LogP contribution in [0.25, 0.3) is 10.9 Å². The molecule has 0 aliphatic carbocycles. The fraction of sp³-hybridized carbons (Fsp3) is 0.353. The van der Waals surface area contributed by atoms with E-state index in [0.717, 1.165) is 10.9 Å². The lowest BCUT2D eigenvalue weighted by atomic mass is 10.1. The third-order valence-corrected chi connectivity index (χ3v) is 5.80. The van der Waals surface area contributed by atoms with Gasteiger partial charge in [0, 0.05) is 17.6 Å². The van der Waals surface area contributed by atoms with Crippen molar-refractivity contribution in [3.63, 3.8) is 0 Å². The van der Waals surface area contributed by atoms with Crippen LogP contribution in [0, 0.1) is 0 Å². The van der Waals surface area contributed by atoms with Crippen molar-refractivity contribution in [1.82, 2.24) is 10.3 Å². The molecule has 0 spiro atoms. The maximum absolute atomic E-state index is 13.2. The summed E-state index contributed by atoms with van der Waals surface area (Å²) in [7, 11) is -3.56. The van der Waals surface area contributed by atoms with Gasteiger partial charge in [-0.3, -0.25) is 14.7 Å². The maximum atomic E-state index is 13.2. The van der Waals surface area contributed by atoms with Crippen molar-refractivity contribution < 1.29 is 13.6 Å². The predicted octanol–water partition coefficient (Wildman–Crippen LogP) is 3.57. The molecule has 1 heterocycles. The minimum absolute atomic E-state index is 0.217. The maximum Gasteiger partial charge on any atom is 0.352 e. The molecule has 1 aromatic carbocycles. The summed E-state index contributed by atoms with van der Waals surface area (Å²) in [4.78, 5) is 15.4. The monoisotopic (exact) mass is 350 g/mol. The largest absolute Gasteiger partial charge is 0.352 e. The van der Waals surface area contributed by atoms with Crippen molar-refractivity contribution in [2.75, 3.05) is 19.8 Å². The van der Waals surface area contributed by atoms with Crippen LogP contribution >= 0.6 is 7.60 Å². The molecule has 0 amide bonds. The van der Waals surface area contributed by atoms with Gasteiger partial charge in [0.15, 0.2) is 0 Å². The highest BCUT2D eigenvalue weighted by Gasteiger charge is 2.38. The summed E-state index contributed by atoms with van der Waals surface area (Å²) in [6, 6.07) is 9.14. The summed E-state index contributed by atoms with van der Waals surface area (Å²) in [6.45, 7) is 7.92. The van der Waals surface area contributed by atoms with E-state index in [-0.39, 0.29) is 18.8 Å². The molecular weight excluding hydrogens is 327 g/mol. The molecule has 7 heteroatoms. The van der Waals surface area contributed by atoms with Crippen molar-refractivity contribution in [3.8, 4) is 0 Å². The van der Waals surface area contributed by atoms with Crippen molar-refractivity contribution >= 4 is 18.5 Å². The second kappa shape index (κ2) is 8.40.